The zero-order chi connectivity index (χ0) is 19.4. The third kappa shape index (κ3) is 8.10. The van der Waals surface area contributed by atoms with Crippen molar-refractivity contribution in [3.05, 3.63) is 0 Å². The van der Waals surface area contributed by atoms with Crippen LogP contribution in [0.25, 0.3) is 0 Å². The first-order valence-electron chi connectivity index (χ1n) is 7.76. The second kappa shape index (κ2) is 13.0. The molecule has 0 aromatic rings. The van der Waals surface area contributed by atoms with Crippen molar-refractivity contribution in [1.29, 1.82) is 0 Å². The number of carbonyl (C=O) groups excluding carboxylic acids is 2. The van der Waals surface area contributed by atoms with Gasteiger partial charge in [-0.25, -0.2) is 0 Å². The Labute approximate surface area is 148 Å². The molecule has 0 aliphatic heterocycles. The quantitative estimate of drug-likeness (QED) is 0.423. The molecule has 9 nitrogen and oxygen atoms in total. The number of ether oxygens (including phenoxy) is 7. The summed E-state index contributed by atoms with van der Waals surface area (Å²) in [6, 6.07) is 0. The Hall–Kier alpha value is -1.26. The number of carbonyl (C=O) groups is 2. The maximum Gasteiger partial charge on any atom is 0.303 e. The molecule has 0 amide bonds. The Bertz CT molecular complexity index is 388. The van der Waals surface area contributed by atoms with Gasteiger partial charge in [-0.05, 0) is 0 Å². The first kappa shape index (κ1) is 23.7. The molecule has 0 radical (unpaired) electrons. The Morgan fingerprint density at radius 3 is 1.56 bits per heavy atom. The summed E-state index contributed by atoms with van der Waals surface area (Å²) in [6.07, 6.45) is -3.52. The van der Waals surface area contributed by atoms with E-state index in [-0.39, 0.29) is 13.2 Å². The molecule has 0 fully saturated rings. The van der Waals surface area contributed by atoms with Crippen LogP contribution in [0.1, 0.15) is 13.8 Å². The van der Waals surface area contributed by atoms with Gasteiger partial charge in [0.25, 0.3) is 0 Å². The highest BCUT2D eigenvalue weighted by atomic mass is 16.6. The van der Waals surface area contributed by atoms with Gasteiger partial charge in [-0.3, -0.25) is 9.59 Å². The standard InChI is InChI=1S/C16H30O9/c1-10(17)24-9-13(21-5)14(22-6)16(23-7)15(25-11(2)18)12(20-4)8-19-3/h12-16H,8-9H2,1-7H3/t12-,13+,14+,15+,16-/m0/s1. The minimum atomic E-state index is -0.827. The lowest BCUT2D eigenvalue weighted by molar-refractivity contribution is -0.199. The van der Waals surface area contributed by atoms with Crippen LogP contribution >= 0.6 is 0 Å². The Morgan fingerprint density at radius 1 is 0.680 bits per heavy atom. The molecule has 148 valence electrons. The molecule has 0 saturated heterocycles. The van der Waals surface area contributed by atoms with E-state index >= 15 is 0 Å². The van der Waals surface area contributed by atoms with E-state index < -0.39 is 42.5 Å². The molecule has 0 heterocycles. The molecule has 0 aromatic heterocycles. The highest BCUT2D eigenvalue weighted by Gasteiger charge is 2.42. The summed E-state index contributed by atoms with van der Waals surface area (Å²) in [5.74, 6) is -0.953. The van der Waals surface area contributed by atoms with Gasteiger partial charge in [-0.1, -0.05) is 0 Å². The van der Waals surface area contributed by atoms with Crippen molar-refractivity contribution in [2.24, 2.45) is 0 Å². The minimum absolute atomic E-state index is 0.0427. The van der Waals surface area contributed by atoms with Crippen molar-refractivity contribution in [2.75, 3.05) is 48.8 Å². The summed E-state index contributed by atoms with van der Waals surface area (Å²) in [7, 11) is 7.34. The number of hydrogen-bond acceptors (Lipinski definition) is 9. The van der Waals surface area contributed by atoms with Crippen LogP contribution in [0.15, 0.2) is 0 Å². The smallest absolute Gasteiger partial charge is 0.303 e. The van der Waals surface area contributed by atoms with E-state index in [0.29, 0.717) is 0 Å². The van der Waals surface area contributed by atoms with Crippen LogP contribution in [0.3, 0.4) is 0 Å². The average molecular weight is 366 g/mol. The van der Waals surface area contributed by atoms with Gasteiger partial charge in [0.1, 0.15) is 31.0 Å². The lowest BCUT2D eigenvalue weighted by Crippen LogP contribution is -2.55. The second-order valence-electron chi connectivity index (χ2n) is 5.28. The van der Waals surface area contributed by atoms with Gasteiger partial charge in [-0.15, -0.1) is 0 Å². The van der Waals surface area contributed by atoms with E-state index in [9.17, 15) is 9.59 Å². The normalized spacial score (nSPS) is 17.2. The maximum atomic E-state index is 11.5. The largest absolute Gasteiger partial charge is 0.463 e. The van der Waals surface area contributed by atoms with E-state index in [0.717, 1.165) is 0 Å². The van der Waals surface area contributed by atoms with Gasteiger partial charge in [-0.2, -0.15) is 0 Å². The number of hydrogen-bond donors (Lipinski definition) is 0. The molecule has 9 heteroatoms. The number of rotatable bonds is 13. The van der Waals surface area contributed by atoms with Crippen molar-refractivity contribution in [3.63, 3.8) is 0 Å². The molecule has 25 heavy (non-hydrogen) atoms. The highest BCUT2D eigenvalue weighted by molar-refractivity contribution is 5.66. The predicted molar refractivity (Wildman–Crippen MR) is 87.3 cm³/mol. The molecule has 0 aliphatic carbocycles. The third-order valence-electron chi connectivity index (χ3n) is 3.61. The zero-order valence-corrected chi connectivity index (χ0v) is 16.0. The van der Waals surface area contributed by atoms with Crippen LogP contribution < -0.4 is 0 Å². The van der Waals surface area contributed by atoms with E-state index in [2.05, 4.69) is 0 Å². The van der Waals surface area contributed by atoms with Crippen LogP contribution in [0.4, 0.5) is 0 Å². The van der Waals surface area contributed by atoms with E-state index in [1.165, 1.54) is 49.4 Å². The van der Waals surface area contributed by atoms with Crippen molar-refractivity contribution < 1.29 is 42.7 Å². The van der Waals surface area contributed by atoms with E-state index in [4.69, 9.17) is 33.2 Å². The summed E-state index contributed by atoms with van der Waals surface area (Å²) < 4.78 is 37.3. The van der Waals surface area contributed by atoms with Crippen molar-refractivity contribution in [2.45, 2.75) is 44.4 Å². The van der Waals surface area contributed by atoms with Crippen molar-refractivity contribution in [1.82, 2.24) is 0 Å². The molecule has 0 saturated carbocycles. The van der Waals surface area contributed by atoms with E-state index in [1.807, 2.05) is 0 Å². The zero-order valence-electron chi connectivity index (χ0n) is 16.0. The van der Waals surface area contributed by atoms with Gasteiger partial charge in [0, 0.05) is 49.4 Å². The SMILES string of the molecule is COC[C@H](OC)[C@@H](OC(C)=O)[C@@H](OC)[C@H](OC)[C@@H](COC(C)=O)OC. The van der Waals surface area contributed by atoms with Gasteiger partial charge >= 0.3 is 11.9 Å². The van der Waals surface area contributed by atoms with Crippen LogP contribution in [0.5, 0.6) is 0 Å². The fraction of sp³-hybridized carbons (Fsp3) is 0.875. The fourth-order valence-corrected chi connectivity index (χ4v) is 2.46. The summed E-state index contributed by atoms with van der Waals surface area (Å²) in [5.41, 5.74) is 0. The van der Waals surface area contributed by atoms with Crippen molar-refractivity contribution in [3.8, 4) is 0 Å². The topological polar surface area (TPSA) is 98.8 Å². The summed E-state index contributed by atoms with van der Waals surface area (Å²) in [6.45, 7) is 2.71. The predicted octanol–water partition coefficient (Wildman–Crippen LogP) is 0.188. The lowest BCUT2D eigenvalue weighted by atomic mass is 9.98. The molecule has 0 unspecified atom stereocenters. The molecular formula is C16H30O9. The summed E-state index contributed by atoms with van der Waals surface area (Å²) in [5, 5.41) is 0. The van der Waals surface area contributed by atoms with Gasteiger partial charge in [0.2, 0.25) is 0 Å². The Kier molecular flexibility index (Phi) is 12.4. The molecule has 0 spiro atoms. The highest BCUT2D eigenvalue weighted by Crippen LogP contribution is 2.21. The molecule has 0 bridgehead atoms. The summed E-state index contributed by atoms with van der Waals surface area (Å²) >= 11 is 0. The molecule has 5 atom stereocenters. The Morgan fingerprint density at radius 2 is 1.20 bits per heavy atom. The average Bonchev–Trinajstić information content (AvgIpc) is 2.57. The third-order valence-corrected chi connectivity index (χ3v) is 3.61. The van der Waals surface area contributed by atoms with Gasteiger partial charge < -0.3 is 33.2 Å². The molecule has 0 aliphatic rings. The summed E-state index contributed by atoms with van der Waals surface area (Å²) in [4.78, 5) is 22.6. The number of esters is 2. The molecule has 0 N–H and O–H groups in total. The molecular weight excluding hydrogens is 336 g/mol. The molecule has 0 rings (SSSR count). The first-order valence-corrected chi connectivity index (χ1v) is 7.76. The van der Waals surface area contributed by atoms with Crippen LogP contribution in [-0.2, 0) is 42.7 Å². The fourth-order valence-electron chi connectivity index (χ4n) is 2.46. The Balaban J connectivity index is 5.53. The second-order valence-corrected chi connectivity index (χ2v) is 5.28. The first-order chi connectivity index (χ1) is 11.9. The van der Waals surface area contributed by atoms with Gasteiger partial charge in [0.15, 0.2) is 6.10 Å². The number of methoxy groups -OCH3 is 5. The maximum absolute atomic E-state index is 11.5. The van der Waals surface area contributed by atoms with Gasteiger partial charge in [0.05, 0.1) is 6.61 Å². The monoisotopic (exact) mass is 366 g/mol. The minimum Gasteiger partial charge on any atom is -0.463 e. The van der Waals surface area contributed by atoms with Crippen LogP contribution in [-0.4, -0.2) is 91.2 Å². The lowest BCUT2D eigenvalue weighted by Gasteiger charge is -2.37. The van der Waals surface area contributed by atoms with Crippen molar-refractivity contribution >= 4 is 11.9 Å². The van der Waals surface area contributed by atoms with Crippen LogP contribution in [0.2, 0.25) is 0 Å². The van der Waals surface area contributed by atoms with E-state index in [1.54, 1.807) is 0 Å². The van der Waals surface area contributed by atoms with Crippen LogP contribution in [0, 0.1) is 0 Å². The molecule has 0 aromatic carbocycles.